The number of hydrogen-bond donors (Lipinski definition) is 1. The van der Waals surface area contributed by atoms with Crippen molar-refractivity contribution in [2.45, 2.75) is 18.4 Å². The Bertz CT molecular complexity index is 570. The van der Waals surface area contributed by atoms with Crippen molar-refractivity contribution in [3.05, 3.63) is 48.0 Å². The van der Waals surface area contributed by atoms with Gasteiger partial charge in [-0.1, -0.05) is 12.1 Å². The first-order chi connectivity index (χ1) is 10.3. The molecule has 2 aromatic rings. The van der Waals surface area contributed by atoms with Gasteiger partial charge in [0.2, 0.25) is 0 Å². The zero-order valence-electron chi connectivity index (χ0n) is 12.7. The van der Waals surface area contributed by atoms with Crippen LogP contribution in [-0.2, 0) is 6.54 Å². The van der Waals surface area contributed by atoms with Crippen LogP contribution in [0.4, 0.5) is 5.69 Å². The molecule has 0 fully saturated rings. The fourth-order valence-electron chi connectivity index (χ4n) is 2.00. The van der Waals surface area contributed by atoms with Crippen molar-refractivity contribution in [2.75, 3.05) is 25.3 Å². The molecule has 2 aromatic carbocycles. The molecule has 0 amide bonds. The quantitative estimate of drug-likeness (QED) is 0.767. The van der Waals surface area contributed by atoms with E-state index in [9.17, 15) is 0 Å². The first-order valence-electron chi connectivity index (χ1n) is 6.94. The average molecular weight is 303 g/mol. The summed E-state index contributed by atoms with van der Waals surface area (Å²) < 4.78 is 10.9. The Morgan fingerprint density at radius 2 is 1.81 bits per heavy atom. The summed E-state index contributed by atoms with van der Waals surface area (Å²) in [5, 5.41) is 3.40. The van der Waals surface area contributed by atoms with Crippen LogP contribution >= 0.6 is 11.8 Å². The normalized spacial score (nSPS) is 10.2. The highest BCUT2D eigenvalue weighted by Crippen LogP contribution is 2.30. The zero-order chi connectivity index (χ0) is 15.1. The van der Waals surface area contributed by atoms with E-state index >= 15 is 0 Å². The standard InChI is InChI=1S/C17H21NO2S/c1-4-20-16-10-7-14(11-17(16)19-2)18-12-13-5-8-15(21-3)9-6-13/h5-11,18H,4,12H2,1-3H3. The Hall–Kier alpha value is -1.81. The summed E-state index contributed by atoms with van der Waals surface area (Å²) in [5.74, 6) is 1.52. The smallest absolute Gasteiger partial charge is 0.162 e. The van der Waals surface area contributed by atoms with Gasteiger partial charge in [0, 0.05) is 23.2 Å². The minimum atomic E-state index is 0.630. The van der Waals surface area contributed by atoms with Crippen LogP contribution in [0.2, 0.25) is 0 Å². The van der Waals surface area contributed by atoms with Gasteiger partial charge in [0.25, 0.3) is 0 Å². The summed E-state index contributed by atoms with van der Waals surface area (Å²) in [7, 11) is 1.66. The van der Waals surface area contributed by atoms with Crippen molar-refractivity contribution in [3.8, 4) is 11.5 Å². The molecule has 1 N–H and O–H groups in total. The minimum absolute atomic E-state index is 0.630. The van der Waals surface area contributed by atoms with E-state index in [1.165, 1.54) is 10.5 Å². The van der Waals surface area contributed by atoms with E-state index in [0.717, 1.165) is 23.7 Å². The molecule has 0 bridgehead atoms. The fraction of sp³-hybridized carbons (Fsp3) is 0.294. The van der Waals surface area contributed by atoms with Crippen LogP contribution in [0.25, 0.3) is 0 Å². The molecule has 0 atom stereocenters. The lowest BCUT2D eigenvalue weighted by Gasteiger charge is -2.12. The van der Waals surface area contributed by atoms with Crippen molar-refractivity contribution in [2.24, 2.45) is 0 Å². The second-order valence-corrected chi connectivity index (χ2v) is 5.38. The molecule has 4 heteroatoms. The van der Waals surface area contributed by atoms with Crippen LogP contribution in [-0.4, -0.2) is 20.0 Å². The van der Waals surface area contributed by atoms with Crippen LogP contribution < -0.4 is 14.8 Å². The van der Waals surface area contributed by atoms with Crippen molar-refractivity contribution in [1.29, 1.82) is 0 Å². The van der Waals surface area contributed by atoms with Gasteiger partial charge in [-0.25, -0.2) is 0 Å². The summed E-state index contributed by atoms with van der Waals surface area (Å²) in [6, 6.07) is 14.5. The van der Waals surface area contributed by atoms with E-state index in [4.69, 9.17) is 9.47 Å². The molecule has 0 aromatic heterocycles. The highest BCUT2D eigenvalue weighted by atomic mass is 32.2. The molecule has 0 aliphatic heterocycles. The maximum Gasteiger partial charge on any atom is 0.162 e. The Morgan fingerprint density at radius 3 is 2.43 bits per heavy atom. The van der Waals surface area contributed by atoms with E-state index in [-0.39, 0.29) is 0 Å². The zero-order valence-corrected chi connectivity index (χ0v) is 13.5. The number of ether oxygens (including phenoxy) is 2. The monoisotopic (exact) mass is 303 g/mol. The van der Waals surface area contributed by atoms with Gasteiger partial charge in [-0.2, -0.15) is 0 Å². The Balaban J connectivity index is 2.01. The number of hydrogen-bond acceptors (Lipinski definition) is 4. The topological polar surface area (TPSA) is 30.5 Å². The van der Waals surface area contributed by atoms with Gasteiger partial charge in [0.1, 0.15) is 0 Å². The lowest BCUT2D eigenvalue weighted by Crippen LogP contribution is -2.01. The molecule has 0 saturated heterocycles. The van der Waals surface area contributed by atoms with Gasteiger partial charge in [-0.05, 0) is 43.0 Å². The van der Waals surface area contributed by atoms with Gasteiger partial charge in [0.15, 0.2) is 11.5 Å². The number of thioether (sulfide) groups is 1. The van der Waals surface area contributed by atoms with Crippen molar-refractivity contribution in [3.63, 3.8) is 0 Å². The summed E-state index contributed by atoms with van der Waals surface area (Å²) in [6.07, 6.45) is 2.08. The second-order valence-electron chi connectivity index (χ2n) is 4.50. The van der Waals surface area contributed by atoms with E-state index in [2.05, 4.69) is 35.8 Å². The molecular formula is C17H21NO2S. The molecular weight excluding hydrogens is 282 g/mol. The molecule has 0 aliphatic carbocycles. The predicted octanol–water partition coefficient (Wildman–Crippen LogP) is 4.43. The van der Waals surface area contributed by atoms with Crippen molar-refractivity contribution < 1.29 is 9.47 Å². The maximum atomic E-state index is 5.52. The fourth-order valence-corrected chi connectivity index (χ4v) is 2.41. The van der Waals surface area contributed by atoms with Crippen LogP contribution in [0.5, 0.6) is 11.5 Å². The molecule has 0 spiro atoms. The molecule has 0 aliphatic rings. The summed E-state index contributed by atoms with van der Waals surface area (Å²) >= 11 is 1.75. The lowest BCUT2D eigenvalue weighted by molar-refractivity contribution is 0.311. The highest BCUT2D eigenvalue weighted by Gasteiger charge is 2.05. The van der Waals surface area contributed by atoms with Gasteiger partial charge >= 0.3 is 0 Å². The molecule has 0 heterocycles. The number of anilines is 1. The first kappa shape index (κ1) is 15.6. The van der Waals surface area contributed by atoms with Crippen molar-refractivity contribution in [1.82, 2.24) is 0 Å². The number of methoxy groups -OCH3 is 1. The predicted molar refractivity (Wildman–Crippen MR) is 89.7 cm³/mol. The minimum Gasteiger partial charge on any atom is -0.493 e. The third-order valence-electron chi connectivity index (χ3n) is 3.12. The van der Waals surface area contributed by atoms with Gasteiger partial charge in [-0.15, -0.1) is 11.8 Å². The number of benzene rings is 2. The molecule has 0 saturated carbocycles. The van der Waals surface area contributed by atoms with Crippen LogP contribution in [0.15, 0.2) is 47.4 Å². The first-order valence-corrected chi connectivity index (χ1v) is 8.17. The van der Waals surface area contributed by atoms with E-state index in [1.807, 2.05) is 25.1 Å². The molecule has 21 heavy (non-hydrogen) atoms. The Labute approximate surface area is 130 Å². The van der Waals surface area contributed by atoms with E-state index in [0.29, 0.717) is 6.61 Å². The van der Waals surface area contributed by atoms with Crippen LogP contribution in [0.3, 0.4) is 0 Å². The summed E-state index contributed by atoms with van der Waals surface area (Å²) in [5.41, 5.74) is 2.27. The van der Waals surface area contributed by atoms with E-state index in [1.54, 1.807) is 18.9 Å². The molecule has 0 unspecified atom stereocenters. The van der Waals surface area contributed by atoms with Gasteiger partial charge in [-0.3, -0.25) is 0 Å². The molecule has 0 radical (unpaired) electrons. The van der Waals surface area contributed by atoms with Crippen LogP contribution in [0.1, 0.15) is 12.5 Å². The van der Waals surface area contributed by atoms with Crippen LogP contribution in [0, 0.1) is 0 Å². The summed E-state index contributed by atoms with van der Waals surface area (Å²) in [6.45, 7) is 3.38. The Kier molecular flexibility index (Phi) is 5.81. The third-order valence-corrected chi connectivity index (χ3v) is 3.86. The van der Waals surface area contributed by atoms with Crippen molar-refractivity contribution >= 4 is 17.4 Å². The molecule has 3 nitrogen and oxygen atoms in total. The lowest BCUT2D eigenvalue weighted by atomic mass is 10.2. The second kappa shape index (κ2) is 7.84. The SMILES string of the molecule is CCOc1ccc(NCc2ccc(SC)cc2)cc1OC. The Morgan fingerprint density at radius 1 is 1.05 bits per heavy atom. The summed E-state index contributed by atoms with van der Waals surface area (Å²) in [4.78, 5) is 1.28. The maximum absolute atomic E-state index is 5.52. The average Bonchev–Trinajstić information content (AvgIpc) is 2.54. The number of nitrogens with one attached hydrogen (secondary N) is 1. The number of rotatable bonds is 7. The molecule has 112 valence electrons. The van der Waals surface area contributed by atoms with E-state index < -0.39 is 0 Å². The third kappa shape index (κ3) is 4.33. The van der Waals surface area contributed by atoms with Gasteiger partial charge < -0.3 is 14.8 Å². The highest BCUT2D eigenvalue weighted by molar-refractivity contribution is 7.98. The molecule has 2 rings (SSSR count). The largest absolute Gasteiger partial charge is 0.493 e. The van der Waals surface area contributed by atoms with Gasteiger partial charge in [0.05, 0.1) is 13.7 Å².